The highest BCUT2D eigenvalue weighted by Crippen LogP contribution is 2.34. The van der Waals surface area contributed by atoms with E-state index in [1.807, 2.05) is 25.1 Å². The van der Waals surface area contributed by atoms with Gasteiger partial charge in [0.2, 0.25) is 5.91 Å². The molecule has 1 aromatic carbocycles. The third kappa shape index (κ3) is 3.72. The summed E-state index contributed by atoms with van der Waals surface area (Å²) in [4.78, 5) is 15.1. The summed E-state index contributed by atoms with van der Waals surface area (Å²) >= 11 is 7.54. The van der Waals surface area contributed by atoms with Crippen molar-refractivity contribution in [3.8, 4) is 0 Å². The Labute approximate surface area is 134 Å². The second-order valence-electron chi connectivity index (χ2n) is 5.52. The Hall–Kier alpha value is -0.750. The Balaban J connectivity index is 1.99. The van der Waals surface area contributed by atoms with Crippen LogP contribution in [0.3, 0.4) is 0 Å². The Morgan fingerprint density at radius 3 is 2.67 bits per heavy atom. The molecule has 4 nitrogen and oxygen atoms in total. The minimum Gasteiger partial charge on any atom is -0.396 e. The summed E-state index contributed by atoms with van der Waals surface area (Å²) in [7, 11) is 0. The van der Waals surface area contributed by atoms with Gasteiger partial charge in [0.15, 0.2) is 0 Å². The van der Waals surface area contributed by atoms with Crippen LogP contribution in [0.1, 0.15) is 13.3 Å². The van der Waals surface area contributed by atoms with Gasteiger partial charge < -0.3 is 15.1 Å². The molecule has 6 heteroatoms. The number of carbonyl (C=O) groups excluding carboxylic acids is 1. The van der Waals surface area contributed by atoms with Crippen LogP contribution in [-0.2, 0) is 4.79 Å². The fraction of sp³-hybridized carbons (Fsp3) is 0.533. The summed E-state index contributed by atoms with van der Waals surface area (Å²) < 4.78 is 0. The van der Waals surface area contributed by atoms with Crippen LogP contribution in [0.4, 0.5) is 0 Å². The van der Waals surface area contributed by atoms with Gasteiger partial charge in [-0.05, 0) is 25.5 Å². The first kappa shape index (κ1) is 16.6. The summed E-state index contributed by atoms with van der Waals surface area (Å²) in [5.74, 6) is 0.0173. The molecule has 0 aromatic heterocycles. The van der Waals surface area contributed by atoms with E-state index in [9.17, 15) is 15.0 Å². The molecule has 21 heavy (non-hydrogen) atoms. The summed E-state index contributed by atoms with van der Waals surface area (Å²) in [5.41, 5.74) is -0.551. The molecule has 0 bridgehead atoms. The Morgan fingerprint density at radius 2 is 2.10 bits per heavy atom. The zero-order chi connectivity index (χ0) is 15.5. The minimum absolute atomic E-state index is 0.0173. The molecule has 0 spiro atoms. The number of aliphatic hydroxyl groups is 2. The number of amides is 1. The third-order valence-electron chi connectivity index (χ3n) is 3.91. The van der Waals surface area contributed by atoms with Crippen LogP contribution in [0.15, 0.2) is 29.2 Å². The fourth-order valence-electron chi connectivity index (χ4n) is 2.47. The monoisotopic (exact) mass is 329 g/mol. The van der Waals surface area contributed by atoms with E-state index in [-0.39, 0.29) is 24.4 Å². The molecule has 1 amide bonds. The molecule has 2 N–H and O–H groups in total. The van der Waals surface area contributed by atoms with Gasteiger partial charge >= 0.3 is 0 Å². The summed E-state index contributed by atoms with van der Waals surface area (Å²) in [6.07, 6.45) is 0.634. The van der Waals surface area contributed by atoms with E-state index in [0.717, 1.165) is 4.90 Å². The molecule has 1 aliphatic heterocycles. The van der Waals surface area contributed by atoms with Crippen LogP contribution in [0, 0.1) is 5.41 Å². The lowest BCUT2D eigenvalue weighted by Gasteiger charge is -2.25. The maximum absolute atomic E-state index is 12.5. The molecule has 1 aliphatic rings. The van der Waals surface area contributed by atoms with Crippen molar-refractivity contribution in [2.75, 3.05) is 26.3 Å². The average Bonchev–Trinajstić information content (AvgIpc) is 2.94. The van der Waals surface area contributed by atoms with Gasteiger partial charge in [0.25, 0.3) is 0 Å². The Morgan fingerprint density at radius 1 is 1.43 bits per heavy atom. The van der Waals surface area contributed by atoms with Gasteiger partial charge in [-0.3, -0.25) is 4.79 Å². The molecule has 1 unspecified atom stereocenters. The van der Waals surface area contributed by atoms with Crippen LogP contribution in [0.2, 0.25) is 5.02 Å². The number of halogens is 1. The van der Waals surface area contributed by atoms with Crippen LogP contribution in [0.25, 0.3) is 0 Å². The first-order valence-corrected chi connectivity index (χ1v) is 8.19. The average molecular weight is 330 g/mol. The maximum Gasteiger partial charge on any atom is 0.235 e. The topological polar surface area (TPSA) is 60.8 Å². The fourth-order valence-corrected chi connectivity index (χ4v) is 3.71. The van der Waals surface area contributed by atoms with E-state index in [0.29, 0.717) is 24.5 Å². The van der Waals surface area contributed by atoms with Crippen molar-refractivity contribution in [3.05, 3.63) is 29.3 Å². The van der Waals surface area contributed by atoms with Crippen molar-refractivity contribution >= 4 is 29.3 Å². The molecule has 0 saturated carbocycles. The van der Waals surface area contributed by atoms with Gasteiger partial charge in [-0.15, -0.1) is 11.8 Å². The number of benzene rings is 1. The predicted molar refractivity (Wildman–Crippen MR) is 84.6 cm³/mol. The molecular weight excluding hydrogens is 310 g/mol. The summed E-state index contributed by atoms with van der Waals surface area (Å²) in [6.45, 7) is 2.65. The second-order valence-corrected chi connectivity index (χ2v) is 7.31. The molecule has 1 saturated heterocycles. The number of hydrogen-bond acceptors (Lipinski definition) is 4. The zero-order valence-corrected chi connectivity index (χ0v) is 13.5. The number of hydrogen-bond donors (Lipinski definition) is 2. The number of thioether (sulfide) groups is 1. The van der Waals surface area contributed by atoms with Crippen LogP contribution < -0.4 is 0 Å². The van der Waals surface area contributed by atoms with Crippen molar-refractivity contribution in [1.29, 1.82) is 0 Å². The molecule has 0 aliphatic carbocycles. The number of likely N-dealkylation sites (tertiary alicyclic amines) is 1. The van der Waals surface area contributed by atoms with E-state index < -0.39 is 5.41 Å². The highest BCUT2D eigenvalue weighted by Gasteiger charge is 2.40. The van der Waals surface area contributed by atoms with E-state index in [4.69, 9.17) is 11.6 Å². The third-order valence-corrected chi connectivity index (χ3v) is 5.52. The van der Waals surface area contributed by atoms with Crippen LogP contribution in [-0.4, -0.2) is 52.6 Å². The van der Waals surface area contributed by atoms with E-state index in [1.54, 1.807) is 11.0 Å². The van der Waals surface area contributed by atoms with Crippen molar-refractivity contribution < 1.29 is 15.0 Å². The normalized spacial score (nSPS) is 18.8. The van der Waals surface area contributed by atoms with E-state index in [1.165, 1.54) is 11.8 Å². The molecule has 1 aromatic rings. The van der Waals surface area contributed by atoms with Crippen molar-refractivity contribution in [2.45, 2.75) is 23.5 Å². The van der Waals surface area contributed by atoms with Crippen molar-refractivity contribution in [1.82, 2.24) is 4.90 Å². The lowest BCUT2D eigenvalue weighted by atomic mass is 9.89. The van der Waals surface area contributed by atoms with E-state index >= 15 is 0 Å². The molecule has 0 radical (unpaired) electrons. The standard InChI is InChI=1S/C15H20ClNO3S/c1-11(21-13-5-3-2-4-12(13)16)14(20)17-7-6-15(8-17,9-18)10-19/h2-5,11,18-19H,6-10H2,1H3. The molecular formula is C15H20ClNO3S. The highest BCUT2D eigenvalue weighted by molar-refractivity contribution is 8.00. The number of carbonyl (C=O) groups is 1. The highest BCUT2D eigenvalue weighted by atomic mass is 35.5. The molecule has 1 atom stereocenters. The Bertz CT molecular complexity index is 507. The van der Waals surface area contributed by atoms with Gasteiger partial charge in [-0.1, -0.05) is 23.7 Å². The quantitative estimate of drug-likeness (QED) is 0.811. The van der Waals surface area contributed by atoms with Crippen LogP contribution >= 0.6 is 23.4 Å². The molecule has 2 rings (SSSR count). The predicted octanol–water partition coefficient (Wildman–Crippen LogP) is 2.02. The number of aliphatic hydroxyl groups excluding tert-OH is 2. The van der Waals surface area contributed by atoms with Crippen LogP contribution in [0.5, 0.6) is 0 Å². The smallest absolute Gasteiger partial charge is 0.235 e. The molecule has 1 fully saturated rings. The number of nitrogens with zero attached hydrogens (tertiary/aromatic N) is 1. The zero-order valence-electron chi connectivity index (χ0n) is 12.0. The first-order valence-electron chi connectivity index (χ1n) is 6.93. The van der Waals surface area contributed by atoms with Gasteiger partial charge in [-0.2, -0.15) is 0 Å². The molecule has 116 valence electrons. The van der Waals surface area contributed by atoms with Gasteiger partial charge in [0, 0.05) is 23.4 Å². The first-order chi connectivity index (χ1) is 10.0. The second kappa shape index (κ2) is 7.01. The van der Waals surface area contributed by atoms with Gasteiger partial charge in [-0.25, -0.2) is 0 Å². The van der Waals surface area contributed by atoms with E-state index in [2.05, 4.69) is 0 Å². The minimum atomic E-state index is -0.551. The van der Waals surface area contributed by atoms with Crippen molar-refractivity contribution in [3.63, 3.8) is 0 Å². The lowest BCUT2D eigenvalue weighted by Crippen LogP contribution is -2.39. The SMILES string of the molecule is CC(Sc1ccccc1Cl)C(=O)N1CCC(CO)(CO)C1. The molecule has 1 heterocycles. The maximum atomic E-state index is 12.5. The Kier molecular flexibility index (Phi) is 5.54. The largest absolute Gasteiger partial charge is 0.396 e. The number of rotatable bonds is 5. The van der Waals surface area contributed by atoms with Gasteiger partial charge in [0.1, 0.15) is 0 Å². The summed E-state index contributed by atoms with van der Waals surface area (Å²) in [5, 5.41) is 19.2. The van der Waals surface area contributed by atoms with Crippen molar-refractivity contribution in [2.24, 2.45) is 5.41 Å². The summed E-state index contributed by atoms with van der Waals surface area (Å²) in [6, 6.07) is 7.45. The van der Waals surface area contributed by atoms with Gasteiger partial charge in [0.05, 0.1) is 23.5 Å². The lowest BCUT2D eigenvalue weighted by molar-refractivity contribution is -0.129.